The van der Waals surface area contributed by atoms with E-state index in [1.54, 1.807) is 6.08 Å². The van der Waals surface area contributed by atoms with E-state index in [4.69, 9.17) is 5.11 Å². The molecule has 2 atom stereocenters. The Hall–Kier alpha value is -3.04. The molecule has 1 aromatic carbocycles. The van der Waals surface area contributed by atoms with Crippen molar-refractivity contribution in [2.45, 2.75) is 44.8 Å². The summed E-state index contributed by atoms with van der Waals surface area (Å²) in [5, 5.41) is 35.6. The molecule has 2 aromatic rings. The van der Waals surface area contributed by atoms with Crippen LogP contribution in [0.25, 0.3) is 11.8 Å². The summed E-state index contributed by atoms with van der Waals surface area (Å²) in [4.78, 5) is 23.0. The van der Waals surface area contributed by atoms with Crippen LogP contribution in [-0.4, -0.2) is 56.2 Å². The first-order valence-electron chi connectivity index (χ1n) is 9.51. The van der Waals surface area contributed by atoms with Crippen molar-refractivity contribution in [1.82, 2.24) is 15.1 Å². The molecule has 0 aliphatic rings. The molecule has 2 rings (SSSR count). The fourth-order valence-electron chi connectivity index (χ4n) is 3.08. The van der Waals surface area contributed by atoms with Gasteiger partial charge >= 0.3 is 5.97 Å². The molecule has 0 fully saturated rings. The zero-order valence-corrected chi connectivity index (χ0v) is 17.0. The Bertz CT molecular complexity index is 921. The van der Waals surface area contributed by atoms with Gasteiger partial charge in [0.1, 0.15) is 5.82 Å². The predicted octanol–water partition coefficient (Wildman–Crippen LogP) is 2.09. The highest BCUT2D eigenvalue weighted by Gasteiger charge is 2.24. The molecule has 8 nitrogen and oxygen atoms in total. The number of aromatic nitrogens is 2. The highest BCUT2D eigenvalue weighted by Crippen LogP contribution is 2.28. The van der Waals surface area contributed by atoms with E-state index in [1.807, 2.05) is 13.8 Å². The predicted molar refractivity (Wildman–Crippen MR) is 109 cm³/mol. The summed E-state index contributed by atoms with van der Waals surface area (Å²) in [5.41, 5.74) is 1.88. The lowest BCUT2D eigenvalue weighted by molar-refractivity contribution is -0.139. The molecule has 0 spiro atoms. The molecule has 0 aliphatic carbocycles. The Morgan fingerprint density at radius 3 is 2.40 bits per heavy atom. The number of hydrogen-bond acceptors (Lipinski definition) is 5. The Morgan fingerprint density at radius 2 is 1.87 bits per heavy atom. The first-order valence-corrected chi connectivity index (χ1v) is 9.51. The molecule has 0 saturated heterocycles. The van der Waals surface area contributed by atoms with Crippen molar-refractivity contribution in [3.8, 4) is 5.69 Å². The van der Waals surface area contributed by atoms with Gasteiger partial charge in [-0.2, -0.15) is 5.10 Å². The average molecular weight is 419 g/mol. The Kier molecular flexibility index (Phi) is 7.85. The SMILES string of the molecule is CNC(=O)c1nn(-c2ccc(F)cc2)c(/C=C/[C@@H](O)C[C@@H](O)CC(=O)O)c1C(C)C. The Balaban J connectivity index is 2.49. The van der Waals surface area contributed by atoms with E-state index in [9.17, 15) is 24.2 Å². The second kappa shape index (κ2) is 10.1. The minimum atomic E-state index is -1.20. The molecule has 0 aliphatic heterocycles. The molecular formula is C21H26FN3O5. The van der Waals surface area contributed by atoms with Crippen LogP contribution in [0.3, 0.4) is 0 Å². The van der Waals surface area contributed by atoms with Crippen LogP contribution < -0.4 is 5.32 Å². The lowest BCUT2D eigenvalue weighted by atomic mass is 9.98. The Morgan fingerprint density at radius 1 is 1.23 bits per heavy atom. The van der Waals surface area contributed by atoms with E-state index < -0.39 is 30.4 Å². The van der Waals surface area contributed by atoms with Gasteiger partial charge in [0.2, 0.25) is 0 Å². The minimum Gasteiger partial charge on any atom is -0.481 e. The van der Waals surface area contributed by atoms with Crippen LogP contribution in [-0.2, 0) is 4.79 Å². The maximum Gasteiger partial charge on any atom is 0.305 e. The number of carbonyl (C=O) groups is 2. The standard InChI is InChI=1S/C21H26FN3O5/c1-12(2)19-17(9-8-15(26)10-16(27)11-18(28)29)25(24-20(19)21(30)23-3)14-6-4-13(22)5-7-14/h4-9,12,15-16,26-27H,10-11H2,1-3H3,(H,23,30)(H,28,29)/b9-8+/t15-,16-/m1/s1. The van der Waals surface area contributed by atoms with Crippen molar-refractivity contribution in [1.29, 1.82) is 0 Å². The highest BCUT2D eigenvalue weighted by molar-refractivity contribution is 5.94. The van der Waals surface area contributed by atoms with Crippen LogP contribution in [0.15, 0.2) is 30.3 Å². The number of nitrogens with zero attached hydrogens (tertiary/aromatic N) is 2. The van der Waals surface area contributed by atoms with Crippen molar-refractivity contribution >= 4 is 18.0 Å². The van der Waals surface area contributed by atoms with Crippen molar-refractivity contribution < 1.29 is 29.3 Å². The largest absolute Gasteiger partial charge is 0.481 e. The van der Waals surface area contributed by atoms with Crippen LogP contribution in [0, 0.1) is 5.82 Å². The van der Waals surface area contributed by atoms with Crippen LogP contribution in [0.4, 0.5) is 4.39 Å². The van der Waals surface area contributed by atoms with Crippen LogP contribution >= 0.6 is 0 Å². The number of benzene rings is 1. The smallest absolute Gasteiger partial charge is 0.305 e. The van der Waals surface area contributed by atoms with Crippen LogP contribution in [0.1, 0.15) is 54.4 Å². The van der Waals surface area contributed by atoms with E-state index in [2.05, 4.69) is 10.4 Å². The van der Waals surface area contributed by atoms with Crippen LogP contribution in [0.2, 0.25) is 0 Å². The van der Waals surface area contributed by atoms with Gasteiger partial charge in [-0.1, -0.05) is 19.9 Å². The Labute approximate surface area is 173 Å². The minimum absolute atomic E-state index is 0.0964. The third kappa shape index (κ3) is 5.74. The molecule has 0 bridgehead atoms. The first kappa shape index (κ1) is 23.2. The van der Waals surface area contributed by atoms with Gasteiger partial charge in [-0.05, 0) is 36.3 Å². The number of halogens is 1. The van der Waals surface area contributed by atoms with E-state index in [1.165, 1.54) is 42.1 Å². The second-order valence-corrected chi connectivity index (χ2v) is 7.18. The molecule has 1 aromatic heterocycles. The molecule has 4 N–H and O–H groups in total. The quantitative estimate of drug-likeness (QED) is 0.493. The molecule has 0 unspecified atom stereocenters. The van der Waals surface area contributed by atoms with Gasteiger partial charge in [0.15, 0.2) is 5.69 Å². The zero-order chi connectivity index (χ0) is 22.4. The van der Waals surface area contributed by atoms with Gasteiger partial charge in [0.05, 0.1) is 30.0 Å². The number of aliphatic carboxylic acids is 1. The number of hydrogen-bond donors (Lipinski definition) is 4. The summed E-state index contributed by atoms with van der Waals surface area (Å²) < 4.78 is 14.8. The lowest BCUT2D eigenvalue weighted by Gasteiger charge is -2.12. The van der Waals surface area contributed by atoms with E-state index in [0.717, 1.165) is 0 Å². The van der Waals surface area contributed by atoms with Crippen molar-refractivity contribution in [2.75, 3.05) is 7.05 Å². The van der Waals surface area contributed by atoms with Gasteiger partial charge in [-0.25, -0.2) is 9.07 Å². The molecular weight excluding hydrogens is 393 g/mol. The first-order chi connectivity index (χ1) is 14.1. The lowest BCUT2D eigenvalue weighted by Crippen LogP contribution is -2.20. The summed E-state index contributed by atoms with van der Waals surface area (Å²) in [6.07, 6.45) is 0.0239. The molecule has 0 radical (unpaired) electrons. The average Bonchev–Trinajstić information content (AvgIpc) is 3.05. The monoisotopic (exact) mass is 419 g/mol. The van der Waals surface area contributed by atoms with Crippen molar-refractivity contribution in [3.63, 3.8) is 0 Å². The fraction of sp³-hybridized carbons (Fsp3) is 0.381. The molecule has 30 heavy (non-hydrogen) atoms. The van der Waals surface area contributed by atoms with Gasteiger partial charge in [-0.3, -0.25) is 9.59 Å². The van der Waals surface area contributed by atoms with Gasteiger partial charge in [0, 0.05) is 19.0 Å². The van der Waals surface area contributed by atoms with Crippen molar-refractivity contribution in [3.05, 3.63) is 53.1 Å². The fourth-order valence-corrected chi connectivity index (χ4v) is 3.08. The normalized spacial score (nSPS) is 13.6. The van der Waals surface area contributed by atoms with Crippen LogP contribution in [0.5, 0.6) is 0 Å². The summed E-state index contributed by atoms with van der Waals surface area (Å²) >= 11 is 0. The maximum absolute atomic E-state index is 13.4. The van der Waals surface area contributed by atoms with Gasteiger partial charge < -0.3 is 20.6 Å². The van der Waals surface area contributed by atoms with E-state index >= 15 is 0 Å². The number of aliphatic hydroxyl groups is 2. The molecule has 1 heterocycles. The number of rotatable bonds is 9. The maximum atomic E-state index is 13.4. The third-order valence-electron chi connectivity index (χ3n) is 4.45. The molecule has 9 heteroatoms. The summed E-state index contributed by atoms with van der Waals surface area (Å²) in [6.45, 7) is 3.78. The summed E-state index contributed by atoms with van der Waals surface area (Å²) in [7, 11) is 1.49. The highest BCUT2D eigenvalue weighted by atomic mass is 19.1. The molecule has 0 saturated carbocycles. The van der Waals surface area contributed by atoms with E-state index in [0.29, 0.717) is 16.9 Å². The molecule has 1 amide bonds. The number of carboxylic acids is 1. The van der Waals surface area contributed by atoms with Gasteiger partial charge in [0.25, 0.3) is 5.91 Å². The number of carboxylic acid groups (broad SMARTS) is 1. The second-order valence-electron chi connectivity index (χ2n) is 7.18. The number of amides is 1. The third-order valence-corrected chi connectivity index (χ3v) is 4.45. The van der Waals surface area contributed by atoms with Gasteiger partial charge in [-0.15, -0.1) is 0 Å². The topological polar surface area (TPSA) is 125 Å². The summed E-state index contributed by atoms with van der Waals surface area (Å²) in [6, 6.07) is 5.58. The number of aliphatic hydroxyl groups excluding tert-OH is 2. The zero-order valence-electron chi connectivity index (χ0n) is 17.0. The number of nitrogens with one attached hydrogen (secondary N) is 1. The van der Waals surface area contributed by atoms with E-state index in [-0.39, 0.29) is 23.9 Å². The van der Waals surface area contributed by atoms with Crippen molar-refractivity contribution in [2.24, 2.45) is 0 Å². The number of carbonyl (C=O) groups excluding carboxylic acids is 1. The summed E-state index contributed by atoms with van der Waals surface area (Å²) in [5.74, 6) is -2.06. The molecule has 162 valence electrons.